The highest BCUT2D eigenvalue weighted by molar-refractivity contribution is 6.31. The predicted molar refractivity (Wildman–Crippen MR) is 147 cm³/mol. The number of hydrogen-bond acceptors (Lipinski definition) is 4. The maximum absolute atomic E-state index is 13.5. The Labute approximate surface area is 233 Å². The number of carbonyl (C=O) groups is 1. The van der Waals surface area contributed by atoms with Crippen LogP contribution < -0.4 is 14.8 Å². The van der Waals surface area contributed by atoms with Crippen molar-refractivity contribution in [1.82, 2.24) is 9.80 Å². The number of likely N-dealkylation sites (N-methyl/N-ethyl adjacent to an activating group) is 1. The van der Waals surface area contributed by atoms with Crippen molar-refractivity contribution in [2.75, 3.05) is 39.7 Å². The topological polar surface area (TPSA) is 54.0 Å². The van der Waals surface area contributed by atoms with Crippen molar-refractivity contribution in [3.05, 3.63) is 52.5 Å². The van der Waals surface area contributed by atoms with Gasteiger partial charge in [-0.05, 0) is 81.6 Å². The number of carbonyl (C=O) groups excluding carboxylic acids is 1. The van der Waals surface area contributed by atoms with Gasteiger partial charge in [-0.25, -0.2) is 4.79 Å². The van der Waals surface area contributed by atoms with E-state index < -0.39 is 16.8 Å². The fraction of sp³-hybridized carbons (Fsp3) is 0.552. The maximum Gasteiger partial charge on any atom is 0.417 e. The average Bonchev–Trinajstić information content (AvgIpc) is 3.25. The number of rotatable bonds is 8. The molecule has 0 spiro atoms. The summed E-state index contributed by atoms with van der Waals surface area (Å²) in [4.78, 5) is 17.7. The number of fused-ring (bicyclic) bond motifs is 1. The van der Waals surface area contributed by atoms with Crippen LogP contribution in [0, 0.1) is 0 Å². The number of nitrogens with one attached hydrogen (secondary N) is 1. The zero-order chi connectivity index (χ0) is 28.4. The number of amides is 2. The summed E-state index contributed by atoms with van der Waals surface area (Å²) in [6.07, 6.45) is 0.554. The third kappa shape index (κ3) is 5.94. The second-order valence-corrected chi connectivity index (χ2v) is 11.0. The van der Waals surface area contributed by atoms with Gasteiger partial charge in [0.05, 0.1) is 24.8 Å². The van der Waals surface area contributed by atoms with Gasteiger partial charge in [-0.15, -0.1) is 0 Å². The Kier molecular flexibility index (Phi) is 8.91. The molecule has 4 rings (SSSR count). The van der Waals surface area contributed by atoms with Gasteiger partial charge in [0.1, 0.15) is 0 Å². The van der Waals surface area contributed by atoms with E-state index in [0.717, 1.165) is 51.1 Å². The first-order valence-electron chi connectivity index (χ1n) is 13.4. The molecule has 0 bridgehead atoms. The summed E-state index contributed by atoms with van der Waals surface area (Å²) in [5.41, 5.74) is 0.243. The minimum atomic E-state index is -4.61. The van der Waals surface area contributed by atoms with E-state index in [2.05, 4.69) is 36.3 Å². The molecule has 1 heterocycles. The van der Waals surface area contributed by atoms with Crippen LogP contribution in [0.5, 0.6) is 11.5 Å². The summed E-state index contributed by atoms with van der Waals surface area (Å²) in [5.74, 6) is 1.39. The quantitative estimate of drug-likeness (QED) is 0.366. The van der Waals surface area contributed by atoms with Gasteiger partial charge in [0.15, 0.2) is 11.5 Å². The van der Waals surface area contributed by atoms with E-state index in [1.54, 1.807) is 14.2 Å². The number of methoxy groups -OCH3 is 2. The molecule has 2 aliphatic rings. The number of alkyl halides is 3. The lowest BCUT2D eigenvalue weighted by molar-refractivity contribution is -0.137. The first-order chi connectivity index (χ1) is 18.5. The van der Waals surface area contributed by atoms with E-state index in [-0.39, 0.29) is 29.2 Å². The molecule has 2 fully saturated rings. The molecular weight excluding hydrogens is 531 g/mol. The second-order valence-electron chi connectivity index (χ2n) is 10.6. The van der Waals surface area contributed by atoms with Crippen LogP contribution in [0.25, 0.3) is 0 Å². The molecule has 1 saturated carbocycles. The van der Waals surface area contributed by atoms with E-state index in [1.165, 1.54) is 17.7 Å². The lowest BCUT2D eigenvalue weighted by atomic mass is 9.64. The molecule has 1 aliphatic carbocycles. The summed E-state index contributed by atoms with van der Waals surface area (Å²) in [5, 5.41) is 2.32. The van der Waals surface area contributed by atoms with Gasteiger partial charge < -0.3 is 24.6 Å². The number of anilines is 1. The highest BCUT2D eigenvalue weighted by atomic mass is 35.5. The lowest BCUT2D eigenvalue weighted by Crippen LogP contribution is -2.54. The van der Waals surface area contributed by atoms with Crippen LogP contribution in [0.2, 0.25) is 5.02 Å². The molecule has 0 unspecified atom stereocenters. The van der Waals surface area contributed by atoms with E-state index in [4.69, 9.17) is 21.1 Å². The van der Waals surface area contributed by atoms with Gasteiger partial charge in [-0.1, -0.05) is 31.0 Å². The van der Waals surface area contributed by atoms with Crippen LogP contribution in [0.1, 0.15) is 56.6 Å². The zero-order valence-corrected chi connectivity index (χ0v) is 23.7. The molecule has 3 atom stereocenters. The first kappa shape index (κ1) is 29.3. The van der Waals surface area contributed by atoms with Crippen LogP contribution in [-0.4, -0.2) is 62.3 Å². The SMILES string of the molecule is CCCCN(C(=O)Nc1ccc(Cl)c(C(F)(F)F)c1)[C@@H]1CC[C@@]2(c3ccc(OC)c(OC)c3)CCN(C)[C@H]2C1. The van der Waals surface area contributed by atoms with E-state index in [9.17, 15) is 18.0 Å². The molecule has 6 nitrogen and oxygen atoms in total. The Morgan fingerprint density at radius 1 is 1.15 bits per heavy atom. The molecule has 39 heavy (non-hydrogen) atoms. The lowest BCUT2D eigenvalue weighted by Gasteiger charge is -2.47. The molecule has 0 radical (unpaired) electrons. The zero-order valence-electron chi connectivity index (χ0n) is 22.9. The monoisotopic (exact) mass is 567 g/mol. The molecule has 0 aromatic heterocycles. The smallest absolute Gasteiger partial charge is 0.417 e. The summed E-state index contributed by atoms with van der Waals surface area (Å²) < 4.78 is 51.2. The molecule has 1 N–H and O–H groups in total. The van der Waals surface area contributed by atoms with E-state index in [0.29, 0.717) is 18.0 Å². The Balaban J connectivity index is 1.58. The molecule has 2 amide bonds. The van der Waals surface area contributed by atoms with E-state index >= 15 is 0 Å². The summed E-state index contributed by atoms with van der Waals surface area (Å²) >= 11 is 5.77. The van der Waals surface area contributed by atoms with Crippen molar-refractivity contribution >= 4 is 23.3 Å². The highest BCUT2D eigenvalue weighted by Crippen LogP contribution is 2.50. The predicted octanol–water partition coefficient (Wildman–Crippen LogP) is 7.20. The summed E-state index contributed by atoms with van der Waals surface area (Å²) in [6.45, 7) is 3.53. The minimum Gasteiger partial charge on any atom is -0.493 e. The third-order valence-electron chi connectivity index (χ3n) is 8.44. The normalized spacial score (nSPS) is 23.3. The molecule has 10 heteroatoms. The second kappa shape index (κ2) is 11.8. The molecule has 214 valence electrons. The number of hydrogen-bond donors (Lipinski definition) is 1. The number of unbranched alkanes of at least 4 members (excludes halogenated alkanes) is 1. The minimum absolute atomic E-state index is 0.0373. The van der Waals surface area contributed by atoms with Gasteiger partial charge in [0, 0.05) is 29.7 Å². The van der Waals surface area contributed by atoms with Gasteiger partial charge in [0.25, 0.3) is 0 Å². The van der Waals surface area contributed by atoms with Crippen molar-refractivity contribution in [2.24, 2.45) is 0 Å². The van der Waals surface area contributed by atoms with Crippen LogP contribution in [0.4, 0.5) is 23.7 Å². The Morgan fingerprint density at radius 2 is 1.90 bits per heavy atom. The summed E-state index contributed by atoms with van der Waals surface area (Å²) in [7, 11) is 5.38. The summed E-state index contributed by atoms with van der Waals surface area (Å²) in [6, 6.07) is 9.40. The number of benzene rings is 2. The number of ether oxygens (including phenoxy) is 2. The Bertz CT molecular complexity index is 1180. The Morgan fingerprint density at radius 3 is 2.56 bits per heavy atom. The van der Waals surface area contributed by atoms with Crippen molar-refractivity contribution in [3.63, 3.8) is 0 Å². The van der Waals surface area contributed by atoms with E-state index in [1.807, 2.05) is 11.0 Å². The molecule has 1 saturated heterocycles. The van der Waals surface area contributed by atoms with Crippen LogP contribution >= 0.6 is 11.6 Å². The van der Waals surface area contributed by atoms with Gasteiger partial charge in [0.2, 0.25) is 0 Å². The van der Waals surface area contributed by atoms with Crippen molar-refractivity contribution in [1.29, 1.82) is 0 Å². The van der Waals surface area contributed by atoms with Crippen LogP contribution in [0.3, 0.4) is 0 Å². The maximum atomic E-state index is 13.5. The highest BCUT2D eigenvalue weighted by Gasteiger charge is 2.51. The van der Waals surface area contributed by atoms with Gasteiger partial charge in [-0.2, -0.15) is 13.2 Å². The van der Waals surface area contributed by atoms with Crippen molar-refractivity contribution in [3.8, 4) is 11.5 Å². The fourth-order valence-electron chi connectivity index (χ4n) is 6.32. The van der Waals surface area contributed by atoms with Gasteiger partial charge in [-0.3, -0.25) is 0 Å². The average molecular weight is 568 g/mol. The molecular formula is C29H37ClF3N3O3. The van der Waals surface area contributed by atoms with Gasteiger partial charge >= 0.3 is 12.2 Å². The van der Waals surface area contributed by atoms with Crippen molar-refractivity contribution < 1.29 is 27.4 Å². The third-order valence-corrected chi connectivity index (χ3v) is 8.76. The number of urea groups is 1. The Hall–Kier alpha value is -2.65. The van der Waals surface area contributed by atoms with Crippen LogP contribution in [-0.2, 0) is 11.6 Å². The largest absolute Gasteiger partial charge is 0.493 e. The standard InChI is InChI=1S/C29H37ClF3N3O3/c1-5-6-14-36(27(37)34-20-8-9-23(30)22(17-20)29(31,32)33)21-11-12-28(13-15-35(2)26(28)18-21)19-7-10-24(38-3)25(16-19)39-4/h7-10,16-17,21,26H,5-6,11-15,18H2,1-4H3,(H,34,37)/t21-,26+,28+/m1/s1. The fourth-order valence-corrected chi connectivity index (χ4v) is 6.55. The number of halogens is 4. The number of likely N-dealkylation sites (tertiary alicyclic amines) is 1. The molecule has 2 aromatic carbocycles. The number of nitrogens with zero attached hydrogens (tertiary/aromatic N) is 2. The molecule has 1 aliphatic heterocycles. The molecule has 2 aromatic rings. The van der Waals surface area contributed by atoms with Crippen LogP contribution in [0.15, 0.2) is 36.4 Å². The first-order valence-corrected chi connectivity index (χ1v) is 13.8. The van der Waals surface area contributed by atoms with Crippen molar-refractivity contribution in [2.45, 2.75) is 69.1 Å².